The minimum atomic E-state index is -0.0191. The van der Waals surface area contributed by atoms with Gasteiger partial charge >= 0.3 is 6.03 Å². The van der Waals surface area contributed by atoms with E-state index in [9.17, 15) is 9.90 Å². The summed E-state index contributed by atoms with van der Waals surface area (Å²) in [5.41, 5.74) is 2.43. The Kier molecular flexibility index (Phi) is 5.39. The maximum Gasteiger partial charge on any atom is 0.317 e. The van der Waals surface area contributed by atoms with Gasteiger partial charge in [-0.2, -0.15) is 0 Å². The van der Waals surface area contributed by atoms with Crippen LogP contribution in [0.25, 0.3) is 0 Å². The van der Waals surface area contributed by atoms with E-state index in [1.165, 1.54) is 30.5 Å². The number of para-hydroxylation sites is 1. The van der Waals surface area contributed by atoms with Crippen LogP contribution >= 0.6 is 0 Å². The zero-order chi connectivity index (χ0) is 16.1. The zero-order valence-electron chi connectivity index (χ0n) is 13.7. The molecule has 0 aromatic heterocycles. The summed E-state index contributed by atoms with van der Waals surface area (Å²) in [7, 11) is 0. The van der Waals surface area contributed by atoms with E-state index in [0.29, 0.717) is 13.1 Å². The highest BCUT2D eigenvalue weighted by Crippen LogP contribution is 2.24. The van der Waals surface area contributed by atoms with E-state index in [1.807, 2.05) is 11.0 Å². The van der Waals surface area contributed by atoms with E-state index in [0.717, 1.165) is 26.1 Å². The molecule has 0 radical (unpaired) electrons. The fraction of sp³-hybridized carbons (Fsp3) is 0.611. The highest BCUT2D eigenvalue weighted by atomic mass is 16.3. The second-order valence-electron chi connectivity index (χ2n) is 6.62. The van der Waals surface area contributed by atoms with Crippen LogP contribution in [0.4, 0.5) is 10.5 Å². The van der Waals surface area contributed by atoms with Gasteiger partial charge in [0.2, 0.25) is 0 Å². The molecule has 1 aromatic rings. The summed E-state index contributed by atoms with van der Waals surface area (Å²) < 4.78 is 0. The van der Waals surface area contributed by atoms with Gasteiger partial charge in [-0.3, -0.25) is 0 Å². The number of rotatable bonds is 4. The van der Waals surface area contributed by atoms with Crippen molar-refractivity contribution in [2.75, 3.05) is 37.7 Å². The molecule has 2 N–H and O–H groups in total. The first kappa shape index (κ1) is 16.1. The van der Waals surface area contributed by atoms with Crippen molar-refractivity contribution in [2.24, 2.45) is 5.92 Å². The molecule has 1 aromatic carbocycles. The van der Waals surface area contributed by atoms with Gasteiger partial charge in [-0.15, -0.1) is 0 Å². The van der Waals surface area contributed by atoms with Gasteiger partial charge < -0.3 is 20.2 Å². The molecule has 2 amide bonds. The summed E-state index contributed by atoms with van der Waals surface area (Å²) in [6.45, 7) is 4.35. The number of aliphatic hydroxyl groups excluding tert-OH is 1. The summed E-state index contributed by atoms with van der Waals surface area (Å²) in [6, 6.07) is 8.35. The van der Waals surface area contributed by atoms with Gasteiger partial charge in [0.15, 0.2) is 0 Å². The lowest BCUT2D eigenvalue weighted by molar-refractivity contribution is 0.198. The lowest BCUT2D eigenvalue weighted by atomic mass is 10.1. The summed E-state index contributed by atoms with van der Waals surface area (Å²) >= 11 is 0. The number of piperidine rings is 1. The molecule has 0 saturated carbocycles. The second kappa shape index (κ2) is 7.68. The van der Waals surface area contributed by atoms with Crippen LogP contribution in [0.5, 0.6) is 0 Å². The molecule has 0 spiro atoms. The van der Waals surface area contributed by atoms with Crippen molar-refractivity contribution in [3.63, 3.8) is 0 Å². The molecule has 1 unspecified atom stereocenters. The molecule has 2 aliphatic rings. The Bertz CT molecular complexity index is 529. The van der Waals surface area contributed by atoms with Gasteiger partial charge in [0, 0.05) is 50.9 Å². The third kappa shape index (κ3) is 3.96. The van der Waals surface area contributed by atoms with E-state index in [-0.39, 0.29) is 18.6 Å². The molecule has 2 saturated heterocycles. The lowest BCUT2D eigenvalue weighted by Gasteiger charge is -2.30. The molecule has 0 aliphatic carbocycles. The first-order chi connectivity index (χ1) is 11.3. The van der Waals surface area contributed by atoms with Crippen molar-refractivity contribution in [1.29, 1.82) is 0 Å². The summed E-state index contributed by atoms with van der Waals surface area (Å²) in [4.78, 5) is 16.5. The number of likely N-dealkylation sites (tertiary alicyclic amines) is 1. The molecule has 5 heteroatoms. The predicted octanol–water partition coefficient (Wildman–Crippen LogP) is 2.20. The molecular weight excluding hydrogens is 290 g/mol. The monoisotopic (exact) mass is 317 g/mol. The van der Waals surface area contributed by atoms with E-state index in [2.05, 4.69) is 28.4 Å². The van der Waals surface area contributed by atoms with Gasteiger partial charge in [-0.1, -0.05) is 18.2 Å². The minimum Gasteiger partial charge on any atom is -0.396 e. The number of hydrogen-bond acceptors (Lipinski definition) is 3. The molecule has 126 valence electrons. The molecule has 0 bridgehead atoms. The molecule has 1 atom stereocenters. The third-order valence-electron chi connectivity index (χ3n) is 4.95. The number of aliphatic hydroxyl groups is 1. The Morgan fingerprint density at radius 2 is 1.96 bits per heavy atom. The number of amides is 2. The van der Waals surface area contributed by atoms with E-state index >= 15 is 0 Å². The number of hydrogen-bond donors (Lipinski definition) is 2. The first-order valence-electron chi connectivity index (χ1n) is 8.74. The summed E-state index contributed by atoms with van der Waals surface area (Å²) in [5.74, 6) is 0.237. The minimum absolute atomic E-state index is 0.0191. The Morgan fingerprint density at radius 3 is 2.70 bits per heavy atom. The number of carbonyl (C=O) groups is 1. The van der Waals surface area contributed by atoms with Crippen LogP contribution in [-0.4, -0.2) is 48.8 Å². The number of urea groups is 1. The molecule has 23 heavy (non-hydrogen) atoms. The van der Waals surface area contributed by atoms with Crippen LogP contribution in [0.3, 0.4) is 0 Å². The Morgan fingerprint density at radius 1 is 1.17 bits per heavy atom. The fourth-order valence-corrected chi connectivity index (χ4v) is 3.55. The highest BCUT2D eigenvalue weighted by Gasteiger charge is 2.25. The van der Waals surface area contributed by atoms with Crippen LogP contribution in [0, 0.1) is 5.92 Å². The number of nitrogens with zero attached hydrogens (tertiary/aromatic N) is 2. The van der Waals surface area contributed by atoms with Gasteiger partial charge in [0.25, 0.3) is 0 Å². The average molecular weight is 317 g/mol. The van der Waals surface area contributed by atoms with Crippen LogP contribution in [-0.2, 0) is 6.54 Å². The topological polar surface area (TPSA) is 55.8 Å². The van der Waals surface area contributed by atoms with Crippen LogP contribution in [0.1, 0.15) is 31.2 Å². The standard InChI is InChI=1S/C18H27N3O2/c22-14-15-8-11-21(13-15)18(23)19-12-16-6-2-3-7-17(16)20-9-4-1-5-10-20/h2-3,6-7,15,22H,1,4-5,8-14H2,(H,19,23). The van der Waals surface area contributed by atoms with Crippen LogP contribution in [0.15, 0.2) is 24.3 Å². The Hall–Kier alpha value is -1.75. The SMILES string of the molecule is O=C(NCc1ccccc1N1CCCCC1)N1CCC(CO)C1. The number of anilines is 1. The molecule has 5 nitrogen and oxygen atoms in total. The van der Waals surface area contributed by atoms with Crippen LogP contribution in [0.2, 0.25) is 0 Å². The van der Waals surface area contributed by atoms with Crippen molar-refractivity contribution in [3.8, 4) is 0 Å². The van der Waals surface area contributed by atoms with E-state index in [4.69, 9.17) is 0 Å². The van der Waals surface area contributed by atoms with Crippen LogP contribution < -0.4 is 10.2 Å². The van der Waals surface area contributed by atoms with Gasteiger partial charge in [-0.05, 0) is 37.3 Å². The van der Waals surface area contributed by atoms with Gasteiger partial charge in [0.05, 0.1) is 0 Å². The first-order valence-corrected chi connectivity index (χ1v) is 8.74. The normalized spacial score (nSPS) is 21.5. The quantitative estimate of drug-likeness (QED) is 0.895. The lowest BCUT2D eigenvalue weighted by Crippen LogP contribution is -2.38. The van der Waals surface area contributed by atoms with Gasteiger partial charge in [0.1, 0.15) is 0 Å². The zero-order valence-corrected chi connectivity index (χ0v) is 13.7. The third-order valence-corrected chi connectivity index (χ3v) is 4.95. The smallest absolute Gasteiger partial charge is 0.317 e. The number of carbonyl (C=O) groups excluding carboxylic acids is 1. The second-order valence-corrected chi connectivity index (χ2v) is 6.62. The van der Waals surface area contributed by atoms with Gasteiger partial charge in [-0.25, -0.2) is 4.79 Å². The molecule has 2 heterocycles. The maximum atomic E-state index is 12.3. The van der Waals surface area contributed by atoms with Crippen molar-refractivity contribution in [2.45, 2.75) is 32.2 Å². The number of nitrogens with one attached hydrogen (secondary N) is 1. The van der Waals surface area contributed by atoms with Crippen molar-refractivity contribution >= 4 is 11.7 Å². The summed E-state index contributed by atoms with van der Waals surface area (Å²) in [6.07, 6.45) is 4.71. The molecule has 2 fully saturated rings. The van der Waals surface area contributed by atoms with Crippen molar-refractivity contribution in [3.05, 3.63) is 29.8 Å². The molecular formula is C18H27N3O2. The molecule has 3 rings (SSSR count). The average Bonchev–Trinajstić information content (AvgIpc) is 3.10. The Balaban J connectivity index is 1.58. The van der Waals surface area contributed by atoms with Crippen molar-refractivity contribution in [1.82, 2.24) is 10.2 Å². The summed E-state index contributed by atoms with van der Waals surface area (Å²) in [5, 5.41) is 12.2. The molecule has 2 aliphatic heterocycles. The number of benzene rings is 1. The van der Waals surface area contributed by atoms with E-state index in [1.54, 1.807) is 0 Å². The Labute approximate surface area is 138 Å². The maximum absolute atomic E-state index is 12.3. The van der Waals surface area contributed by atoms with Crippen molar-refractivity contribution < 1.29 is 9.90 Å². The van der Waals surface area contributed by atoms with E-state index < -0.39 is 0 Å². The highest BCUT2D eigenvalue weighted by molar-refractivity contribution is 5.74. The largest absolute Gasteiger partial charge is 0.396 e. The predicted molar refractivity (Wildman–Crippen MR) is 91.5 cm³/mol. The fourth-order valence-electron chi connectivity index (χ4n) is 3.55.